The molecule has 0 saturated carbocycles. The van der Waals surface area contributed by atoms with Crippen LogP contribution in [-0.4, -0.2) is 54.1 Å². The summed E-state index contributed by atoms with van der Waals surface area (Å²) in [6.45, 7) is -0.326. The third-order valence-corrected chi connectivity index (χ3v) is 2.32. The number of hydrogen-bond donors (Lipinski definition) is 3. The Bertz CT molecular complexity index is 151. The van der Waals surface area contributed by atoms with E-state index in [0.717, 1.165) is 0 Å². The van der Waals surface area contributed by atoms with Crippen molar-refractivity contribution in [1.29, 1.82) is 0 Å². The highest BCUT2D eigenvalue weighted by Gasteiger charge is 2.37. The Morgan fingerprint density at radius 2 is 2.08 bits per heavy atom. The molecule has 5 heteroatoms. The monoisotopic (exact) mass is 192 g/mol. The molecule has 78 valence electrons. The van der Waals surface area contributed by atoms with E-state index in [1.165, 1.54) is 7.11 Å². The van der Waals surface area contributed by atoms with Crippen LogP contribution in [-0.2, 0) is 9.47 Å². The maximum Gasteiger partial charge on any atom is 0.165 e. The van der Waals surface area contributed by atoms with E-state index in [2.05, 4.69) is 0 Å². The van der Waals surface area contributed by atoms with Gasteiger partial charge in [0.1, 0.15) is 0 Å². The van der Waals surface area contributed by atoms with Gasteiger partial charge >= 0.3 is 0 Å². The molecule has 4 atom stereocenters. The van der Waals surface area contributed by atoms with E-state index in [1.807, 2.05) is 0 Å². The van der Waals surface area contributed by atoms with E-state index >= 15 is 0 Å². The van der Waals surface area contributed by atoms with Crippen LogP contribution in [0.25, 0.3) is 0 Å². The SMILES string of the molecule is COC1O[C@H](CO)CC(O)[C@@H]1CO. The van der Waals surface area contributed by atoms with Crippen LogP contribution >= 0.6 is 0 Å². The Morgan fingerprint density at radius 3 is 2.54 bits per heavy atom. The molecule has 2 unspecified atom stereocenters. The molecule has 1 saturated heterocycles. The van der Waals surface area contributed by atoms with Gasteiger partial charge in [-0.05, 0) is 0 Å². The van der Waals surface area contributed by atoms with Crippen LogP contribution in [0.5, 0.6) is 0 Å². The summed E-state index contributed by atoms with van der Waals surface area (Å²) in [5.41, 5.74) is 0. The Balaban J connectivity index is 2.57. The standard InChI is InChI=1S/C8H16O5/c1-12-8-6(4-10)7(11)2-5(3-9)13-8/h5-11H,2-4H2,1H3/t5-,6-,7?,8?/m0/s1. The number of hydrogen-bond acceptors (Lipinski definition) is 5. The minimum atomic E-state index is -0.680. The van der Waals surface area contributed by atoms with Crippen molar-refractivity contribution in [1.82, 2.24) is 0 Å². The highest BCUT2D eigenvalue weighted by molar-refractivity contribution is 4.80. The predicted octanol–water partition coefficient (Wildman–Crippen LogP) is -1.29. The Labute approximate surface area is 76.9 Å². The normalized spacial score (nSPS) is 40.6. The summed E-state index contributed by atoms with van der Waals surface area (Å²) in [6.07, 6.45) is -1.38. The maximum absolute atomic E-state index is 9.54. The average molecular weight is 192 g/mol. The summed E-state index contributed by atoms with van der Waals surface area (Å²) in [7, 11) is 1.44. The summed E-state index contributed by atoms with van der Waals surface area (Å²) >= 11 is 0. The minimum absolute atomic E-state index is 0.144. The van der Waals surface area contributed by atoms with Crippen LogP contribution in [0.1, 0.15) is 6.42 Å². The van der Waals surface area contributed by atoms with Crippen molar-refractivity contribution in [2.24, 2.45) is 5.92 Å². The summed E-state index contributed by atoms with van der Waals surface area (Å²) in [5, 5.41) is 27.3. The van der Waals surface area contributed by atoms with Crippen LogP contribution in [0.2, 0.25) is 0 Å². The second kappa shape index (κ2) is 4.88. The zero-order valence-corrected chi connectivity index (χ0v) is 7.59. The molecule has 1 aliphatic rings. The first-order valence-corrected chi connectivity index (χ1v) is 4.31. The van der Waals surface area contributed by atoms with Gasteiger partial charge in [-0.3, -0.25) is 0 Å². The topological polar surface area (TPSA) is 79.2 Å². The van der Waals surface area contributed by atoms with E-state index in [-0.39, 0.29) is 13.2 Å². The van der Waals surface area contributed by atoms with Crippen molar-refractivity contribution < 1.29 is 24.8 Å². The summed E-state index contributed by atoms with van der Waals surface area (Å²) in [4.78, 5) is 0. The van der Waals surface area contributed by atoms with Crippen LogP contribution in [0.4, 0.5) is 0 Å². The molecule has 0 bridgehead atoms. The molecule has 0 radical (unpaired) electrons. The summed E-state index contributed by atoms with van der Waals surface area (Å²) in [5.74, 6) is -0.423. The fraction of sp³-hybridized carbons (Fsp3) is 1.00. The zero-order valence-electron chi connectivity index (χ0n) is 7.59. The Morgan fingerprint density at radius 1 is 1.38 bits per heavy atom. The largest absolute Gasteiger partial charge is 0.396 e. The number of methoxy groups -OCH3 is 1. The molecule has 1 heterocycles. The van der Waals surface area contributed by atoms with E-state index < -0.39 is 24.4 Å². The van der Waals surface area contributed by atoms with E-state index in [9.17, 15) is 5.11 Å². The average Bonchev–Trinajstić information content (AvgIpc) is 2.16. The zero-order chi connectivity index (χ0) is 9.84. The van der Waals surface area contributed by atoms with Crippen molar-refractivity contribution >= 4 is 0 Å². The lowest BCUT2D eigenvalue weighted by atomic mass is 9.94. The van der Waals surface area contributed by atoms with Gasteiger partial charge in [0.2, 0.25) is 0 Å². The maximum atomic E-state index is 9.54. The van der Waals surface area contributed by atoms with E-state index in [1.54, 1.807) is 0 Å². The van der Waals surface area contributed by atoms with Gasteiger partial charge in [-0.2, -0.15) is 0 Å². The van der Waals surface area contributed by atoms with Gasteiger partial charge in [0.25, 0.3) is 0 Å². The van der Waals surface area contributed by atoms with Crippen LogP contribution in [0.15, 0.2) is 0 Å². The molecule has 1 fully saturated rings. The smallest absolute Gasteiger partial charge is 0.165 e. The third kappa shape index (κ3) is 2.38. The molecule has 0 aromatic rings. The van der Waals surface area contributed by atoms with Gasteiger partial charge in [0.15, 0.2) is 6.29 Å². The number of aliphatic hydroxyl groups is 3. The lowest BCUT2D eigenvalue weighted by molar-refractivity contribution is -0.248. The second-order valence-electron chi connectivity index (χ2n) is 3.19. The van der Waals surface area contributed by atoms with Gasteiger partial charge in [-0.15, -0.1) is 0 Å². The molecule has 3 N–H and O–H groups in total. The molecule has 5 nitrogen and oxygen atoms in total. The van der Waals surface area contributed by atoms with Crippen molar-refractivity contribution in [3.8, 4) is 0 Å². The summed E-state index contributed by atoms with van der Waals surface area (Å²) < 4.78 is 10.2. The summed E-state index contributed by atoms with van der Waals surface area (Å²) in [6, 6.07) is 0. The Hall–Kier alpha value is -0.200. The third-order valence-electron chi connectivity index (χ3n) is 2.32. The molecular formula is C8H16O5. The van der Waals surface area contributed by atoms with Gasteiger partial charge in [0.05, 0.1) is 31.3 Å². The lowest BCUT2D eigenvalue weighted by Crippen LogP contribution is -2.47. The highest BCUT2D eigenvalue weighted by atomic mass is 16.7. The lowest BCUT2D eigenvalue weighted by Gasteiger charge is -2.37. The molecule has 13 heavy (non-hydrogen) atoms. The molecule has 0 aromatic heterocycles. The van der Waals surface area contributed by atoms with Gasteiger partial charge in [-0.1, -0.05) is 0 Å². The molecule has 1 aliphatic heterocycles. The first-order valence-electron chi connectivity index (χ1n) is 4.31. The fourth-order valence-corrected chi connectivity index (χ4v) is 1.53. The van der Waals surface area contributed by atoms with Crippen molar-refractivity contribution in [3.63, 3.8) is 0 Å². The molecule has 0 amide bonds. The van der Waals surface area contributed by atoms with Gasteiger partial charge < -0.3 is 24.8 Å². The van der Waals surface area contributed by atoms with Crippen molar-refractivity contribution in [2.75, 3.05) is 20.3 Å². The number of ether oxygens (including phenoxy) is 2. The van der Waals surface area contributed by atoms with Crippen molar-refractivity contribution in [3.05, 3.63) is 0 Å². The highest BCUT2D eigenvalue weighted by Crippen LogP contribution is 2.25. The number of aliphatic hydroxyl groups excluding tert-OH is 3. The Kier molecular flexibility index (Phi) is 4.08. The van der Waals surface area contributed by atoms with Crippen molar-refractivity contribution in [2.45, 2.75) is 24.9 Å². The molecule has 1 rings (SSSR count). The quantitative estimate of drug-likeness (QED) is 0.518. The molecular weight excluding hydrogens is 176 g/mol. The first-order chi connectivity index (χ1) is 6.22. The fourth-order valence-electron chi connectivity index (χ4n) is 1.53. The predicted molar refractivity (Wildman–Crippen MR) is 44.0 cm³/mol. The second-order valence-corrected chi connectivity index (χ2v) is 3.19. The van der Waals surface area contributed by atoms with Gasteiger partial charge in [-0.25, -0.2) is 0 Å². The molecule has 0 aromatic carbocycles. The molecule has 0 spiro atoms. The minimum Gasteiger partial charge on any atom is -0.396 e. The first kappa shape index (κ1) is 10.9. The van der Waals surface area contributed by atoms with E-state index in [4.69, 9.17) is 19.7 Å². The number of rotatable bonds is 3. The van der Waals surface area contributed by atoms with Crippen LogP contribution < -0.4 is 0 Å². The van der Waals surface area contributed by atoms with Crippen LogP contribution in [0, 0.1) is 5.92 Å². The molecule has 0 aliphatic carbocycles. The van der Waals surface area contributed by atoms with Gasteiger partial charge in [0, 0.05) is 13.5 Å². The van der Waals surface area contributed by atoms with E-state index in [0.29, 0.717) is 6.42 Å². The van der Waals surface area contributed by atoms with Crippen LogP contribution in [0.3, 0.4) is 0 Å².